The summed E-state index contributed by atoms with van der Waals surface area (Å²) in [4.78, 5) is 39.0. The van der Waals surface area contributed by atoms with Gasteiger partial charge in [-0.2, -0.15) is 0 Å². The number of halogens is 1. The molecule has 1 aromatic rings. The van der Waals surface area contributed by atoms with E-state index >= 15 is 0 Å². The van der Waals surface area contributed by atoms with Crippen LogP contribution >= 0.6 is 11.6 Å². The number of hydrogen-bond acceptors (Lipinski definition) is 9. The molecule has 4 atom stereocenters. The van der Waals surface area contributed by atoms with Gasteiger partial charge in [0, 0.05) is 5.02 Å². The Morgan fingerprint density at radius 3 is 1.69 bits per heavy atom. The predicted molar refractivity (Wildman–Crippen MR) is 159 cm³/mol. The summed E-state index contributed by atoms with van der Waals surface area (Å²) in [6.07, 6.45) is -4.18. The second-order valence-corrected chi connectivity index (χ2v) is 26.5. The molecule has 0 aliphatic carbocycles. The molecule has 1 rings (SSSR count). The molecule has 0 aliphatic rings. The third-order valence-electron chi connectivity index (χ3n) is 4.89. The number of esters is 2. The molecule has 1 aromatic carbocycles. The van der Waals surface area contributed by atoms with Crippen molar-refractivity contribution in [3.8, 4) is 5.75 Å². The number of rotatable bonds is 15. The van der Waals surface area contributed by atoms with Crippen LogP contribution in [0.3, 0.4) is 0 Å². The van der Waals surface area contributed by atoms with Gasteiger partial charge in [-0.1, -0.05) is 11.6 Å². The van der Waals surface area contributed by atoms with E-state index in [0.717, 1.165) is 0 Å². The number of ether oxygens (including phenoxy) is 3. The number of hydrogen-bond donors (Lipinski definition) is 0. The Labute approximate surface area is 241 Å². The van der Waals surface area contributed by atoms with Crippen molar-refractivity contribution in [1.29, 1.82) is 0 Å². The average molecular weight is 621 g/mol. The smallest absolute Gasteiger partial charge is 0.350 e. The van der Waals surface area contributed by atoms with E-state index in [1.54, 1.807) is 24.3 Å². The lowest BCUT2D eigenvalue weighted by atomic mass is 10.0. The van der Waals surface area contributed by atoms with E-state index in [1.807, 2.05) is 58.9 Å². The fraction of sp³-hybridized carbons (Fsp3) is 0.654. The Balaban J connectivity index is 3.58. The summed E-state index contributed by atoms with van der Waals surface area (Å²) in [7, 11) is -5.85. The molecule has 0 aromatic heterocycles. The Bertz CT molecular complexity index is 967. The average Bonchev–Trinajstić information content (AvgIpc) is 2.77. The molecule has 0 spiro atoms. The van der Waals surface area contributed by atoms with Crippen LogP contribution in [0.4, 0.5) is 0 Å². The largest absolute Gasteiger partial charge is 0.476 e. The zero-order chi connectivity index (χ0) is 30.4. The first kappa shape index (κ1) is 35.5. The van der Waals surface area contributed by atoms with Gasteiger partial charge >= 0.3 is 11.9 Å². The summed E-state index contributed by atoms with van der Waals surface area (Å²) in [6.45, 7) is 20.5. The molecule has 0 N–H and O–H groups in total. The molecule has 0 radical (unpaired) electrons. The van der Waals surface area contributed by atoms with Gasteiger partial charge in [-0.3, -0.25) is 0 Å². The van der Waals surface area contributed by atoms with Crippen molar-refractivity contribution in [2.45, 2.75) is 103 Å². The molecule has 0 bridgehead atoms. The van der Waals surface area contributed by atoms with Gasteiger partial charge in [0.1, 0.15) is 30.3 Å². The number of aldehydes is 1. The van der Waals surface area contributed by atoms with Crippen molar-refractivity contribution < 1.29 is 41.9 Å². The third-order valence-corrected chi connectivity index (χ3v) is 8.08. The summed E-state index contributed by atoms with van der Waals surface area (Å²) < 4.78 is 35.8. The molecule has 0 aliphatic heterocycles. The van der Waals surface area contributed by atoms with Crippen LogP contribution < -0.4 is 4.74 Å². The lowest BCUT2D eigenvalue weighted by Crippen LogP contribution is -2.60. The van der Waals surface area contributed by atoms with Gasteiger partial charge in [-0.05, 0) is 97.0 Å². The molecule has 0 fully saturated rings. The monoisotopic (exact) mass is 620 g/mol. The molecule has 39 heavy (non-hydrogen) atoms. The van der Waals surface area contributed by atoms with Crippen LogP contribution in [-0.2, 0) is 37.1 Å². The van der Waals surface area contributed by atoms with Crippen LogP contribution in [0.25, 0.3) is 0 Å². The van der Waals surface area contributed by atoms with Crippen LogP contribution in [0.15, 0.2) is 24.3 Å². The maximum Gasteiger partial charge on any atom is 0.350 e. The summed E-state index contributed by atoms with van der Waals surface area (Å²) in [5.41, 5.74) is -1.50. The highest BCUT2D eigenvalue weighted by molar-refractivity contribution is 6.70. The van der Waals surface area contributed by atoms with Crippen molar-refractivity contribution in [1.82, 2.24) is 0 Å². The van der Waals surface area contributed by atoms with Crippen molar-refractivity contribution in [3.63, 3.8) is 0 Å². The fourth-order valence-corrected chi connectivity index (χ4v) is 6.77. The second kappa shape index (κ2) is 13.9. The molecular formula is C26H45ClO9Si3. The van der Waals surface area contributed by atoms with Gasteiger partial charge in [0.2, 0.25) is 6.10 Å². The zero-order valence-electron chi connectivity index (χ0n) is 25.2. The quantitative estimate of drug-likeness (QED) is 0.144. The molecule has 9 nitrogen and oxygen atoms in total. The lowest BCUT2D eigenvalue weighted by molar-refractivity contribution is -0.188. The van der Waals surface area contributed by atoms with Crippen LogP contribution in [0, 0.1) is 0 Å². The highest BCUT2D eigenvalue weighted by Crippen LogP contribution is 2.28. The van der Waals surface area contributed by atoms with Crippen LogP contribution in [0.5, 0.6) is 5.75 Å². The van der Waals surface area contributed by atoms with Crippen LogP contribution in [0.2, 0.25) is 63.9 Å². The maximum absolute atomic E-state index is 13.5. The van der Waals surface area contributed by atoms with Crippen molar-refractivity contribution in [2.24, 2.45) is 0 Å². The normalized spacial score (nSPS) is 16.0. The van der Waals surface area contributed by atoms with E-state index in [9.17, 15) is 14.4 Å². The van der Waals surface area contributed by atoms with Gasteiger partial charge in [0.25, 0.3) is 0 Å². The topological polar surface area (TPSA) is 107 Å². The molecule has 0 saturated heterocycles. The summed E-state index contributed by atoms with van der Waals surface area (Å²) in [5.74, 6) is -1.30. The summed E-state index contributed by atoms with van der Waals surface area (Å²) in [6, 6.07) is 6.49. The van der Waals surface area contributed by atoms with Gasteiger partial charge in [-0.25, -0.2) is 9.59 Å². The predicted octanol–water partition coefficient (Wildman–Crippen LogP) is 5.44. The first-order valence-electron chi connectivity index (χ1n) is 12.8. The first-order valence-corrected chi connectivity index (χ1v) is 23.4. The van der Waals surface area contributed by atoms with Crippen molar-refractivity contribution >= 4 is 54.8 Å². The number of benzene rings is 1. The van der Waals surface area contributed by atoms with E-state index in [4.69, 9.17) is 39.1 Å². The zero-order valence-corrected chi connectivity index (χ0v) is 29.0. The Morgan fingerprint density at radius 1 is 0.821 bits per heavy atom. The van der Waals surface area contributed by atoms with Gasteiger partial charge < -0.3 is 32.3 Å². The molecule has 4 unspecified atom stereocenters. The van der Waals surface area contributed by atoms with E-state index in [0.29, 0.717) is 17.1 Å². The van der Waals surface area contributed by atoms with Gasteiger partial charge in [-0.15, -0.1) is 0 Å². The number of methoxy groups -OCH3 is 1. The van der Waals surface area contributed by atoms with Gasteiger partial charge in [0.05, 0.1) is 7.11 Å². The maximum atomic E-state index is 13.5. The first-order chi connectivity index (χ1) is 17.6. The molecule has 0 saturated carbocycles. The van der Waals surface area contributed by atoms with Crippen LogP contribution in [-0.4, -0.2) is 80.3 Å². The Kier molecular flexibility index (Phi) is 12.6. The Morgan fingerprint density at radius 2 is 1.28 bits per heavy atom. The molecule has 222 valence electrons. The molecule has 13 heteroatoms. The minimum atomic E-state index is -2.43. The highest BCUT2D eigenvalue weighted by atomic mass is 35.5. The summed E-state index contributed by atoms with van der Waals surface area (Å²) >= 11 is 5.95. The Hall–Kier alpha value is -1.55. The molecule has 0 amide bonds. The minimum Gasteiger partial charge on any atom is -0.476 e. The molecule has 0 heterocycles. The number of carbonyl (C=O) groups is 3. The highest BCUT2D eigenvalue weighted by Gasteiger charge is 2.49. The third kappa shape index (κ3) is 12.7. The van der Waals surface area contributed by atoms with Crippen molar-refractivity contribution in [2.75, 3.05) is 7.11 Å². The fourth-order valence-electron chi connectivity index (χ4n) is 3.48. The van der Waals surface area contributed by atoms with E-state index in [-0.39, 0.29) is 0 Å². The molecular weight excluding hydrogens is 576 g/mol. The standard InChI is InChI=1S/C26H45ClO9Si3/c1-26(2,33-19-15-13-18(27)14-16-19)25(30)32-23(24(29)31-3)22(36-39(10,11)12)21(35-38(7,8)9)20(17-28)34-37(4,5)6/h13-17,20-23H,1-12H3. The SMILES string of the molecule is COC(=O)C(OC(=O)C(C)(C)Oc1ccc(Cl)cc1)C(O[Si](C)(C)C)C(O[Si](C)(C)C)C(C=O)O[Si](C)(C)C. The summed E-state index contributed by atoms with van der Waals surface area (Å²) in [5, 5.41) is 0.513. The van der Waals surface area contributed by atoms with E-state index in [2.05, 4.69) is 0 Å². The lowest BCUT2D eigenvalue weighted by Gasteiger charge is -2.42. The van der Waals surface area contributed by atoms with E-state index in [1.165, 1.54) is 21.0 Å². The second-order valence-electron chi connectivity index (χ2n) is 12.6. The number of carbonyl (C=O) groups excluding carboxylic acids is 3. The van der Waals surface area contributed by atoms with Crippen molar-refractivity contribution in [3.05, 3.63) is 29.3 Å². The van der Waals surface area contributed by atoms with Gasteiger partial charge in [0.15, 0.2) is 30.6 Å². The van der Waals surface area contributed by atoms with E-state index < -0.39 is 66.9 Å². The van der Waals surface area contributed by atoms with Crippen LogP contribution in [0.1, 0.15) is 13.8 Å². The minimum absolute atomic E-state index is 0.385.